The standard InChI is InChI=1S/C18H32N2/c1-6-16(4)20(5)13-7-8-17-9-11-18(12-10-17)14-19-15(2)3/h9-12,15-16,19H,6-8,13-14H2,1-5H3. The SMILES string of the molecule is CCC(C)N(C)CCCc1ccc(CNC(C)C)cc1. The fraction of sp³-hybridized carbons (Fsp3) is 0.667. The van der Waals surface area contributed by atoms with Crippen LogP contribution in [-0.2, 0) is 13.0 Å². The molecule has 0 aliphatic rings. The third kappa shape index (κ3) is 6.53. The Morgan fingerprint density at radius 3 is 2.20 bits per heavy atom. The monoisotopic (exact) mass is 276 g/mol. The zero-order valence-corrected chi connectivity index (χ0v) is 13.9. The highest BCUT2D eigenvalue weighted by Gasteiger charge is 2.05. The van der Waals surface area contributed by atoms with Gasteiger partial charge in [-0.05, 0) is 50.9 Å². The van der Waals surface area contributed by atoms with Crippen molar-refractivity contribution in [3.05, 3.63) is 35.4 Å². The Kier molecular flexibility index (Phi) is 7.86. The zero-order chi connectivity index (χ0) is 15.0. The summed E-state index contributed by atoms with van der Waals surface area (Å²) in [6, 6.07) is 10.3. The molecule has 0 heterocycles. The lowest BCUT2D eigenvalue weighted by Gasteiger charge is -2.23. The van der Waals surface area contributed by atoms with E-state index in [0.717, 1.165) is 6.54 Å². The minimum Gasteiger partial charge on any atom is -0.310 e. The van der Waals surface area contributed by atoms with Gasteiger partial charge in [-0.15, -0.1) is 0 Å². The van der Waals surface area contributed by atoms with E-state index in [-0.39, 0.29) is 0 Å². The maximum absolute atomic E-state index is 3.45. The molecule has 0 radical (unpaired) electrons. The molecule has 2 nitrogen and oxygen atoms in total. The Hall–Kier alpha value is -0.860. The van der Waals surface area contributed by atoms with Crippen LogP contribution in [0.3, 0.4) is 0 Å². The van der Waals surface area contributed by atoms with Crippen LogP contribution in [0.1, 0.15) is 51.7 Å². The molecule has 0 aliphatic heterocycles. The fourth-order valence-corrected chi connectivity index (χ4v) is 2.21. The topological polar surface area (TPSA) is 15.3 Å². The number of nitrogens with zero attached hydrogens (tertiary/aromatic N) is 1. The first-order valence-electron chi connectivity index (χ1n) is 8.04. The lowest BCUT2D eigenvalue weighted by atomic mass is 10.1. The molecule has 0 saturated heterocycles. The van der Waals surface area contributed by atoms with Gasteiger partial charge in [0.05, 0.1) is 0 Å². The van der Waals surface area contributed by atoms with Crippen molar-refractivity contribution in [3.8, 4) is 0 Å². The summed E-state index contributed by atoms with van der Waals surface area (Å²) >= 11 is 0. The van der Waals surface area contributed by atoms with Gasteiger partial charge in [0.1, 0.15) is 0 Å². The van der Waals surface area contributed by atoms with Gasteiger partial charge in [0, 0.05) is 18.6 Å². The van der Waals surface area contributed by atoms with E-state index in [1.807, 2.05) is 0 Å². The van der Waals surface area contributed by atoms with Crippen molar-refractivity contribution >= 4 is 0 Å². The summed E-state index contributed by atoms with van der Waals surface area (Å²) in [5.41, 5.74) is 2.83. The average molecular weight is 276 g/mol. The average Bonchev–Trinajstić information content (AvgIpc) is 2.45. The van der Waals surface area contributed by atoms with E-state index in [1.165, 1.54) is 36.9 Å². The molecular weight excluding hydrogens is 244 g/mol. The van der Waals surface area contributed by atoms with Crippen LogP contribution < -0.4 is 5.32 Å². The molecule has 0 fully saturated rings. The first-order valence-corrected chi connectivity index (χ1v) is 8.04. The second-order valence-electron chi connectivity index (χ2n) is 6.19. The fourth-order valence-electron chi connectivity index (χ4n) is 2.21. The van der Waals surface area contributed by atoms with Gasteiger partial charge in [-0.1, -0.05) is 45.0 Å². The Morgan fingerprint density at radius 1 is 1.05 bits per heavy atom. The second-order valence-corrected chi connectivity index (χ2v) is 6.19. The van der Waals surface area contributed by atoms with Crippen molar-refractivity contribution in [2.24, 2.45) is 0 Å². The molecule has 1 aromatic carbocycles. The highest BCUT2D eigenvalue weighted by Crippen LogP contribution is 2.08. The number of aryl methyl sites for hydroxylation is 1. The Morgan fingerprint density at radius 2 is 1.65 bits per heavy atom. The zero-order valence-electron chi connectivity index (χ0n) is 13.9. The third-order valence-corrected chi connectivity index (χ3v) is 4.06. The quantitative estimate of drug-likeness (QED) is 0.737. The smallest absolute Gasteiger partial charge is 0.0207 e. The molecule has 1 unspecified atom stereocenters. The Labute approximate surface area is 125 Å². The van der Waals surface area contributed by atoms with Crippen LogP contribution in [0.2, 0.25) is 0 Å². The van der Waals surface area contributed by atoms with Gasteiger partial charge in [-0.2, -0.15) is 0 Å². The lowest BCUT2D eigenvalue weighted by Crippen LogP contribution is -2.29. The van der Waals surface area contributed by atoms with Crippen molar-refractivity contribution in [3.63, 3.8) is 0 Å². The molecule has 0 bridgehead atoms. The molecule has 0 spiro atoms. The Bertz CT molecular complexity index is 356. The van der Waals surface area contributed by atoms with Crippen molar-refractivity contribution < 1.29 is 0 Å². The number of hydrogen-bond acceptors (Lipinski definition) is 2. The number of benzene rings is 1. The van der Waals surface area contributed by atoms with Crippen molar-refractivity contribution in [2.45, 2.75) is 65.6 Å². The molecule has 114 valence electrons. The number of hydrogen-bond donors (Lipinski definition) is 1. The highest BCUT2D eigenvalue weighted by molar-refractivity contribution is 5.22. The first-order chi connectivity index (χ1) is 9.52. The van der Waals surface area contributed by atoms with E-state index in [4.69, 9.17) is 0 Å². The first kappa shape index (κ1) is 17.2. The molecular formula is C18H32N2. The predicted octanol–water partition coefficient (Wildman–Crippen LogP) is 3.85. The molecule has 20 heavy (non-hydrogen) atoms. The van der Waals surface area contributed by atoms with Crippen molar-refractivity contribution in [2.75, 3.05) is 13.6 Å². The molecule has 1 aromatic rings. The van der Waals surface area contributed by atoms with E-state index in [0.29, 0.717) is 12.1 Å². The van der Waals surface area contributed by atoms with Crippen LogP contribution in [0.15, 0.2) is 24.3 Å². The largest absolute Gasteiger partial charge is 0.310 e. The molecule has 1 rings (SSSR count). The summed E-state index contributed by atoms with van der Waals surface area (Å²) < 4.78 is 0. The molecule has 2 heteroatoms. The lowest BCUT2D eigenvalue weighted by molar-refractivity contribution is 0.249. The van der Waals surface area contributed by atoms with E-state index in [1.54, 1.807) is 0 Å². The van der Waals surface area contributed by atoms with Crippen LogP contribution in [0.5, 0.6) is 0 Å². The molecule has 1 N–H and O–H groups in total. The summed E-state index contributed by atoms with van der Waals surface area (Å²) in [4.78, 5) is 2.46. The minimum absolute atomic E-state index is 0.547. The summed E-state index contributed by atoms with van der Waals surface area (Å²) in [5, 5.41) is 3.45. The van der Waals surface area contributed by atoms with E-state index >= 15 is 0 Å². The van der Waals surface area contributed by atoms with Crippen LogP contribution in [0.25, 0.3) is 0 Å². The van der Waals surface area contributed by atoms with Gasteiger partial charge in [-0.3, -0.25) is 0 Å². The molecule has 0 amide bonds. The van der Waals surface area contributed by atoms with Gasteiger partial charge in [0.25, 0.3) is 0 Å². The highest BCUT2D eigenvalue weighted by atomic mass is 15.1. The van der Waals surface area contributed by atoms with Crippen molar-refractivity contribution in [1.29, 1.82) is 0 Å². The number of rotatable bonds is 9. The van der Waals surface area contributed by atoms with Crippen LogP contribution in [0.4, 0.5) is 0 Å². The van der Waals surface area contributed by atoms with Gasteiger partial charge in [0.2, 0.25) is 0 Å². The summed E-state index contributed by atoms with van der Waals surface area (Å²) in [5.74, 6) is 0. The molecule has 0 aromatic heterocycles. The maximum atomic E-state index is 3.45. The second kappa shape index (κ2) is 9.15. The third-order valence-electron chi connectivity index (χ3n) is 4.06. The Balaban J connectivity index is 2.31. The normalized spacial score (nSPS) is 13.2. The minimum atomic E-state index is 0.547. The van der Waals surface area contributed by atoms with Crippen LogP contribution in [-0.4, -0.2) is 30.6 Å². The van der Waals surface area contributed by atoms with E-state index < -0.39 is 0 Å². The van der Waals surface area contributed by atoms with Gasteiger partial charge >= 0.3 is 0 Å². The predicted molar refractivity (Wildman–Crippen MR) is 89.1 cm³/mol. The number of nitrogens with one attached hydrogen (secondary N) is 1. The maximum Gasteiger partial charge on any atom is 0.0207 e. The van der Waals surface area contributed by atoms with E-state index in [9.17, 15) is 0 Å². The van der Waals surface area contributed by atoms with E-state index in [2.05, 4.69) is 69.2 Å². The molecule has 0 saturated carbocycles. The summed E-state index contributed by atoms with van der Waals surface area (Å²) in [6.45, 7) is 11.1. The molecule has 1 atom stereocenters. The van der Waals surface area contributed by atoms with Crippen LogP contribution in [0, 0.1) is 0 Å². The van der Waals surface area contributed by atoms with Gasteiger partial charge < -0.3 is 10.2 Å². The van der Waals surface area contributed by atoms with Gasteiger partial charge in [0.15, 0.2) is 0 Å². The summed E-state index contributed by atoms with van der Waals surface area (Å²) in [7, 11) is 2.23. The summed E-state index contributed by atoms with van der Waals surface area (Å²) in [6.07, 6.45) is 3.65. The van der Waals surface area contributed by atoms with Crippen LogP contribution >= 0.6 is 0 Å². The molecule has 0 aliphatic carbocycles. The van der Waals surface area contributed by atoms with Crippen molar-refractivity contribution in [1.82, 2.24) is 10.2 Å². The van der Waals surface area contributed by atoms with Gasteiger partial charge in [-0.25, -0.2) is 0 Å².